The van der Waals surface area contributed by atoms with Gasteiger partial charge in [-0.1, -0.05) is 12.1 Å². The zero-order chi connectivity index (χ0) is 15.6. The van der Waals surface area contributed by atoms with Crippen molar-refractivity contribution < 1.29 is 9.53 Å². The van der Waals surface area contributed by atoms with Gasteiger partial charge < -0.3 is 14.5 Å². The number of hydrogen-bond acceptors (Lipinski definition) is 5. The van der Waals surface area contributed by atoms with Crippen molar-refractivity contribution in [3.8, 4) is 0 Å². The highest BCUT2D eigenvalue weighted by Gasteiger charge is 2.30. The van der Waals surface area contributed by atoms with E-state index in [-0.39, 0.29) is 11.8 Å². The number of nitrogens with zero attached hydrogens (tertiary/aromatic N) is 4. The molecule has 6 heteroatoms. The summed E-state index contributed by atoms with van der Waals surface area (Å²) in [5, 5.41) is 1.07. The predicted octanol–water partition coefficient (Wildman–Crippen LogP) is 1.31. The summed E-state index contributed by atoms with van der Waals surface area (Å²) in [7, 11) is 0. The van der Waals surface area contributed by atoms with E-state index in [4.69, 9.17) is 4.74 Å². The lowest BCUT2D eigenvalue weighted by Gasteiger charge is -2.36. The maximum absolute atomic E-state index is 12.5. The van der Waals surface area contributed by atoms with Crippen LogP contribution in [0.2, 0.25) is 0 Å². The van der Waals surface area contributed by atoms with E-state index in [1.807, 2.05) is 23.1 Å². The number of piperazine rings is 1. The van der Waals surface area contributed by atoms with Crippen LogP contribution < -0.4 is 4.90 Å². The summed E-state index contributed by atoms with van der Waals surface area (Å²) < 4.78 is 5.33. The Kier molecular flexibility index (Phi) is 3.83. The van der Waals surface area contributed by atoms with Crippen molar-refractivity contribution in [3.05, 3.63) is 30.6 Å². The maximum Gasteiger partial charge on any atom is 0.228 e. The first-order chi connectivity index (χ1) is 11.3. The number of aromatic nitrogens is 2. The SMILES string of the molecule is O=C([C@@H]1CCOC1)N1CCN(c2ncnc3ccccc23)CC1. The topological polar surface area (TPSA) is 58.6 Å². The smallest absolute Gasteiger partial charge is 0.228 e. The molecule has 2 aromatic rings. The molecule has 2 saturated heterocycles. The van der Waals surface area contributed by atoms with Crippen molar-refractivity contribution in [2.24, 2.45) is 5.92 Å². The number of amides is 1. The highest BCUT2D eigenvalue weighted by atomic mass is 16.5. The van der Waals surface area contributed by atoms with Gasteiger partial charge in [-0.3, -0.25) is 4.79 Å². The van der Waals surface area contributed by atoms with Crippen molar-refractivity contribution in [3.63, 3.8) is 0 Å². The maximum atomic E-state index is 12.5. The van der Waals surface area contributed by atoms with Crippen LogP contribution in [0.3, 0.4) is 0 Å². The first-order valence-electron chi connectivity index (χ1n) is 8.14. The zero-order valence-electron chi connectivity index (χ0n) is 13.0. The zero-order valence-corrected chi connectivity index (χ0v) is 13.0. The third-order valence-electron chi connectivity index (χ3n) is 4.69. The monoisotopic (exact) mass is 312 g/mol. The summed E-state index contributed by atoms with van der Waals surface area (Å²) >= 11 is 0. The fourth-order valence-corrected chi connectivity index (χ4v) is 3.37. The fraction of sp³-hybridized carbons (Fsp3) is 0.471. The Bertz CT molecular complexity index is 701. The molecule has 3 heterocycles. The molecule has 2 aliphatic rings. The second kappa shape index (κ2) is 6.12. The minimum atomic E-state index is 0.0569. The van der Waals surface area contributed by atoms with Gasteiger partial charge in [0, 0.05) is 38.2 Å². The number of carbonyl (C=O) groups excluding carboxylic acids is 1. The highest BCUT2D eigenvalue weighted by molar-refractivity contribution is 5.89. The fourth-order valence-electron chi connectivity index (χ4n) is 3.37. The van der Waals surface area contributed by atoms with Gasteiger partial charge in [-0.25, -0.2) is 9.97 Å². The second-order valence-corrected chi connectivity index (χ2v) is 6.09. The predicted molar refractivity (Wildman–Crippen MR) is 87.3 cm³/mol. The van der Waals surface area contributed by atoms with E-state index in [1.165, 1.54) is 0 Å². The molecular weight excluding hydrogens is 292 g/mol. The van der Waals surface area contributed by atoms with E-state index < -0.39 is 0 Å². The Hall–Kier alpha value is -2.21. The van der Waals surface area contributed by atoms with Gasteiger partial charge in [0.1, 0.15) is 12.1 Å². The summed E-state index contributed by atoms with van der Waals surface area (Å²) in [4.78, 5) is 25.5. The number of ether oxygens (including phenoxy) is 1. The quantitative estimate of drug-likeness (QED) is 0.837. The van der Waals surface area contributed by atoms with Crippen LogP contribution in [0.5, 0.6) is 0 Å². The largest absolute Gasteiger partial charge is 0.381 e. The highest BCUT2D eigenvalue weighted by Crippen LogP contribution is 2.24. The summed E-state index contributed by atoms with van der Waals surface area (Å²) in [6, 6.07) is 8.05. The molecule has 1 aromatic carbocycles. The number of anilines is 1. The third-order valence-corrected chi connectivity index (χ3v) is 4.69. The first kappa shape index (κ1) is 14.4. The van der Waals surface area contributed by atoms with Gasteiger partial charge in [-0.15, -0.1) is 0 Å². The van der Waals surface area contributed by atoms with Crippen LogP contribution in [0.1, 0.15) is 6.42 Å². The van der Waals surface area contributed by atoms with Gasteiger partial charge in [0.2, 0.25) is 5.91 Å². The lowest BCUT2D eigenvalue weighted by molar-refractivity contribution is -0.135. The van der Waals surface area contributed by atoms with Gasteiger partial charge in [0.25, 0.3) is 0 Å². The molecule has 6 nitrogen and oxygen atoms in total. The molecule has 0 bridgehead atoms. The van der Waals surface area contributed by atoms with Crippen LogP contribution in [0.15, 0.2) is 30.6 Å². The van der Waals surface area contributed by atoms with E-state index in [2.05, 4.69) is 20.9 Å². The van der Waals surface area contributed by atoms with E-state index in [9.17, 15) is 4.79 Å². The lowest BCUT2D eigenvalue weighted by Crippen LogP contribution is -2.50. The van der Waals surface area contributed by atoms with Crippen molar-refractivity contribution in [1.82, 2.24) is 14.9 Å². The Labute approximate surface area is 135 Å². The average molecular weight is 312 g/mol. The summed E-state index contributed by atoms with van der Waals surface area (Å²) in [6.07, 6.45) is 2.47. The van der Waals surface area contributed by atoms with E-state index in [0.29, 0.717) is 13.2 Å². The minimum Gasteiger partial charge on any atom is -0.381 e. The Balaban J connectivity index is 1.47. The lowest BCUT2D eigenvalue weighted by atomic mass is 10.1. The van der Waals surface area contributed by atoms with Crippen molar-refractivity contribution in [2.75, 3.05) is 44.3 Å². The molecule has 0 saturated carbocycles. The molecule has 0 N–H and O–H groups in total. The van der Waals surface area contributed by atoms with Gasteiger partial charge >= 0.3 is 0 Å². The van der Waals surface area contributed by atoms with Gasteiger partial charge in [0.15, 0.2) is 0 Å². The van der Waals surface area contributed by atoms with Gasteiger partial charge in [-0.05, 0) is 18.6 Å². The molecule has 0 unspecified atom stereocenters. The van der Waals surface area contributed by atoms with Crippen LogP contribution >= 0.6 is 0 Å². The first-order valence-corrected chi connectivity index (χ1v) is 8.14. The van der Waals surface area contributed by atoms with E-state index >= 15 is 0 Å². The molecule has 120 valence electrons. The molecule has 0 spiro atoms. The Morgan fingerprint density at radius 2 is 1.96 bits per heavy atom. The average Bonchev–Trinajstić information content (AvgIpc) is 3.15. The number of fused-ring (bicyclic) bond motifs is 1. The number of hydrogen-bond donors (Lipinski definition) is 0. The molecule has 2 fully saturated rings. The second-order valence-electron chi connectivity index (χ2n) is 6.09. The number of benzene rings is 1. The number of rotatable bonds is 2. The van der Waals surface area contributed by atoms with E-state index in [1.54, 1.807) is 6.33 Å². The third kappa shape index (κ3) is 2.74. The Morgan fingerprint density at radius 1 is 1.13 bits per heavy atom. The number of para-hydroxylation sites is 1. The minimum absolute atomic E-state index is 0.0569. The standard InChI is InChI=1S/C17H20N4O2/c22-17(13-5-10-23-11-13)21-8-6-20(7-9-21)16-14-3-1-2-4-15(14)18-12-19-16/h1-4,12-13H,5-11H2/t13-/m1/s1. The molecule has 1 amide bonds. The molecule has 23 heavy (non-hydrogen) atoms. The van der Waals surface area contributed by atoms with Crippen LogP contribution in [-0.4, -0.2) is 60.2 Å². The van der Waals surface area contributed by atoms with Crippen LogP contribution in [0, 0.1) is 5.92 Å². The summed E-state index contributed by atoms with van der Waals surface area (Å²) in [5.74, 6) is 1.27. The van der Waals surface area contributed by atoms with Gasteiger partial charge in [0.05, 0.1) is 18.0 Å². The molecule has 4 rings (SSSR count). The molecule has 2 aliphatic heterocycles. The van der Waals surface area contributed by atoms with Crippen molar-refractivity contribution >= 4 is 22.6 Å². The molecule has 1 aromatic heterocycles. The normalized spacial score (nSPS) is 21.8. The van der Waals surface area contributed by atoms with Crippen LogP contribution in [-0.2, 0) is 9.53 Å². The molecular formula is C17H20N4O2. The number of carbonyl (C=O) groups is 1. The molecule has 0 radical (unpaired) electrons. The molecule has 1 atom stereocenters. The van der Waals surface area contributed by atoms with Gasteiger partial charge in [-0.2, -0.15) is 0 Å². The van der Waals surface area contributed by atoms with Crippen LogP contribution in [0.25, 0.3) is 10.9 Å². The van der Waals surface area contributed by atoms with E-state index in [0.717, 1.165) is 49.3 Å². The van der Waals surface area contributed by atoms with Crippen LogP contribution in [0.4, 0.5) is 5.82 Å². The Morgan fingerprint density at radius 3 is 2.74 bits per heavy atom. The van der Waals surface area contributed by atoms with Crippen molar-refractivity contribution in [2.45, 2.75) is 6.42 Å². The summed E-state index contributed by atoms with van der Waals surface area (Å²) in [5.41, 5.74) is 0.958. The van der Waals surface area contributed by atoms with Crippen molar-refractivity contribution in [1.29, 1.82) is 0 Å². The molecule has 0 aliphatic carbocycles. The summed E-state index contributed by atoms with van der Waals surface area (Å²) in [6.45, 7) is 4.39.